The molecule has 1 aromatic carbocycles. The number of hydrogen-bond acceptors (Lipinski definition) is 7. The molecule has 1 saturated heterocycles. The average molecular weight is 408 g/mol. The molecule has 1 atom stereocenters. The Morgan fingerprint density at radius 2 is 2.03 bits per heavy atom. The first-order valence-electron chi connectivity index (χ1n) is 10.2. The maximum absolute atomic E-state index is 9.88. The predicted octanol–water partition coefficient (Wildman–Crippen LogP) is 2.67. The number of fused-ring (bicyclic) bond motifs is 2. The van der Waals surface area contributed by atoms with Crippen LogP contribution in [0.1, 0.15) is 29.2 Å². The average Bonchev–Trinajstić information content (AvgIpc) is 3.29. The number of ether oxygens (including phenoxy) is 2. The summed E-state index contributed by atoms with van der Waals surface area (Å²) in [6.07, 6.45) is 4.21. The molecule has 8 heteroatoms. The molecule has 0 amide bonds. The second-order valence-corrected chi connectivity index (χ2v) is 7.59. The molecule has 2 aliphatic rings. The smallest absolute Gasteiger partial charge is 0.228 e. The monoisotopic (exact) mass is 408 g/mol. The van der Waals surface area contributed by atoms with E-state index in [-0.39, 0.29) is 11.7 Å². The van der Waals surface area contributed by atoms with E-state index >= 15 is 0 Å². The van der Waals surface area contributed by atoms with Crippen molar-refractivity contribution in [3.63, 3.8) is 0 Å². The van der Waals surface area contributed by atoms with Crippen molar-refractivity contribution in [1.82, 2.24) is 14.5 Å². The van der Waals surface area contributed by atoms with Crippen LogP contribution < -0.4 is 10.2 Å². The summed E-state index contributed by atoms with van der Waals surface area (Å²) < 4.78 is 18.9. The van der Waals surface area contributed by atoms with Crippen molar-refractivity contribution >= 4 is 0 Å². The number of morpholine rings is 1. The van der Waals surface area contributed by atoms with Crippen LogP contribution in [-0.4, -0.2) is 52.4 Å². The van der Waals surface area contributed by atoms with E-state index in [0.29, 0.717) is 35.0 Å². The van der Waals surface area contributed by atoms with E-state index in [4.69, 9.17) is 19.3 Å². The number of furan rings is 1. The van der Waals surface area contributed by atoms with Crippen LogP contribution in [0.3, 0.4) is 0 Å². The molecule has 3 aromatic rings. The first-order valence-corrected chi connectivity index (χ1v) is 10.2. The number of benzene rings is 1. The first kappa shape index (κ1) is 18.9. The zero-order valence-electron chi connectivity index (χ0n) is 16.6. The van der Waals surface area contributed by atoms with Crippen LogP contribution in [0.15, 0.2) is 47.3 Å². The van der Waals surface area contributed by atoms with E-state index in [2.05, 4.69) is 9.88 Å². The number of nitrogens with one attached hydrogen (secondary N) is 1. The van der Waals surface area contributed by atoms with Crippen molar-refractivity contribution in [1.29, 1.82) is 5.41 Å². The number of hydrogen-bond donors (Lipinski definition) is 2. The Kier molecular flexibility index (Phi) is 5.02. The van der Waals surface area contributed by atoms with Gasteiger partial charge >= 0.3 is 0 Å². The third-order valence-corrected chi connectivity index (χ3v) is 5.70. The zero-order chi connectivity index (χ0) is 20.5. The number of aryl methyl sites for hydroxylation is 1. The Labute approximate surface area is 173 Å². The second kappa shape index (κ2) is 7.97. The first-order chi connectivity index (χ1) is 14.7. The fourth-order valence-corrected chi connectivity index (χ4v) is 4.17. The van der Waals surface area contributed by atoms with Crippen molar-refractivity contribution in [3.05, 3.63) is 65.3 Å². The van der Waals surface area contributed by atoms with Crippen LogP contribution in [0.2, 0.25) is 0 Å². The topological polar surface area (TPSA) is 96.7 Å². The van der Waals surface area contributed by atoms with Gasteiger partial charge in [-0.25, -0.2) is 4.98 Å². The van der Waals surface area contributed by atoms with Gasteiger partial charge in [-0.2, -0.15) is 0 Å². The van der Waals surface area contributed by atoms with Crippen LogP contribution in [0, 0.1) is 5.41 Å². The summed E-state index contributed by atoms with van der Waals surface area (Å²) in [5.41, 5.74) is 1.88. The van der Waals surface area contributed by atoms with Gasteiger partial charge in [-0.15, -0.1) is 0 Å². The molecule has 2 aromatic heterocycles. The molecule has 2 aliphatic heterocycles. The summed E-state index contributed by atoms with van der Waals surface area (Å²) in [7, 11) is 0. The van der Waals surface area contributed by atoms with Crippen molar-refractivity contribution in [3.8, 4) is 17.4 Å². The summed E-state index contributed by atoms with van der Waals surface area (Å²) >= 11 is 0. The highest BCUT2D eigenvalue weighted by molar-refractivity contribution is 5.55. The Bertz CT molecular complexity index is 1090. The van der Waals surface area contributed by atoms with Gasteiger partial charge in [0.05, 0.1) is 31.0 Å². The van der Waals surface area contributed by atoms with Gasteiger partial charge in [-0.05, 0) is 24.6 Å². The lowest BCUT2D eigenvalue weighted by atomic mass is 9.87. The lowest BCUT2D eigenvalue weighted by Gasteiger charge is -2.28. The van der Waals surface area contributed by atoms with Crippen LogP contribution in [-0.2, 0) is 11.3 Å². The summed E-state index contributed by atoms with van der Waals surface area (Å²) in [6, 6.07) is 8.74. The zero-order valence-corrected chi connectivity index (χ0v) is 16.6. The quantitative estimate of drug-likeness (QED) is 0.527. The van der Waals surface area contributed by atoms with Gasteiger partial charge in [0.1, 0.15) is 29.1 Å². The highest BCUT2D eigenvalue weighted by Gasteiger charge is 2.33. The molecule has 30 heavy (non-hydrogen) atoms. The minimum atomic E-state index is -0.314. The Balaban J connectivity index is 1.47. The van der Waals surface area contributed by atoms with Crippen molar-refractivity contribution in [2.45, 2.75) is 18.9 Å². The molecular weight excluding hydrogens is 384 g/mol. The van der Waals surface area contributed by atoms with E-state index in [1.54, 1.807) is 24.7 Å². The molecule has 156 valence electrons. The molecule has 1 unspecified atom stereocenters. The number of nitrogens with zero attached hydrogens (tertiary/aromatic N) is 3. The molecule has 0 aliphatic carbocycles. The molecule has 0 radical (unpaired) electrons. The number of rotatable bonds is 5. The maximum Gasteiger partial charge on any atom is 0.228 e. The van der Waals surface area contributed by atoms with E-state index in [9.17, 15) is 5.11 Å². The van der Waals surface area contributed by atoms with E-state index < -0.39 is 0 Å². The molecule has 8 nitrogen and oxygen atoms in total. The molecule has 5 rings (SSSR count). The van der Waals surface area contributed by atoms with Crippen LogP contribution in [0.5, 0.6) is 17.4 Å². The highest BCUT2D eigenvalue weighted by atomic mass is 16.5. The number of phenolic OH excluding ortho intramolecular Hbond substituents is 1. The van der Waals surface area contributed by atoms with Crippen LogP contribution in [0.25, 0.3) is 0 Å². The molecule has 1 fully saturated rings. The van der Waals surface area contributed by atoms with E-state index in [0.717, 1.165) is 44.8 Å². The lowest BCUT2D eigenvalue weighted by Crippen LogP contribution is -2.37. The van der Waals surface area contributed by atoms with Gasteiger partial charge in [0.15, 0.2) is 0 Å². The molecule has 0 bridgehead atoms. The lowest BCUT2D eigenvalue weighted by molar-refractivity contribution is 0.0369. The van der Waals surface area contributed by atoms with Crippen molar-refractivity contribution in [2.24, 2.45) is 0 Å². The van der Waals surface area contributed by atoms with Gasteiger partial charge in [-0.3, -0.25) is 10.3 Å². The number of phenols is 1. The van der Waals surface area contributed by atoms with Gasteiger partial charge in [0.25, 0.3) is 0 Å². The van der Waals surface area contributed by atoms with Gasteiger partial charge in [-0.1, -0.05) is 6.07 Å². The largest absolute Gasteiger partial charge is 0.508 e. The van der Waals surface area contributed by atoms with Crippen molar-refractivity contribution < 1.29 is 19.0 Å². The SMILES string of the molecule is N=c1c2c(ncn1CCCN1CCOCC1)Oc1cc(O)ccc1C2c1ccco1. The number of aromatic nitrogens is 2. The normalized spacial score (nSPS) is 18.5. The number of aromatic hydroxyl groups is 1. The summed E-state index contributed by atoms with van der Waals surface area (Å²) in [4.78, 5) is 6.88. The highest BCUT2D eigenvalue weighted by Crippen LogP contribution is 2.45. The standard InChI is InChI=1S/C22H24N4O4/c23-21-20-19(17-3-1-10-29-17)16-5-4-15(27)13-18(16)30-22(20)24-14-26(21)7-2-6-25-8-11-28-12-9-25/h1,3-5,10,13-14,19,23,27H,2,6-9,11-12H2. The molecule has 0 spiro atoms. The molecule has 2 N–H and O–H groups in total. The van der Waals surface area contributed by atoms with E-state index in [1.165, 1.54) is 0 Å². The second-order valence-electron chi connectivity index (χ2n) is 7.59. The minimum absolute atomic E-state index is 0.121. The van der Waals surface area contributed by atoms with Crippen molar-refractivity contribution in [2.75, 3.05) is 32.8 Å². The van der Waals surface area contributed by atoms with Crippen LogP contribution >= 0.6 is 0 Å². The Morgan fingerprint density at radius 1 is 1.17 bits per heavy atom. The third kappa shape index (κ3) is 3.48. The predicted molar refractivity (Wildman–Crippen MR) is 108 cm³/mol. The summed E-state index contributed by atoms with van der Waals surface area (Å²) in [6.45, 7) is 5.15. The maximum atomic E-state index is 9.88. The third-order valence-electron chi connectivity index (χ3n) is 5.70. The Hall–Kier alpha value is -3.10. The fraction of sp³-hybridized carbons (Fsp3) is 0.364. The molecular formula is C22H24N4O4. The Morgan fingerprint density at radius 3 is 2.83 bits per heavy atom. The molecule has 0 saturated carbocycles. The summed E-state index contributed by atoms with van der Waals surface area (Å²) in [5.74, 6) is 1.43. The summed E-state index contributed by atoms with van der Waals surface area (Å²) in [5, 5.41) is 18.8. The van der Waals surface area contributed by atoms with Crippen LogP contribution in [0.4, 0.5) is 0 Å². The van der Waals surface area contributed by atoms with Gasteiger partial charge in [0.2, 0.25) is 5.88 Å². The minimum Gasteiger partial charge on any atom is -0.508 e. The van der Waals surface area contributed by atoms with Gasteiger partial charge in [0, 0.05) is 37.8 Å². The molecule has 4 heterocycles. The van der Waals surface area contributed by atoms with Gasteiger partial charge < -0.3 is 23.6 Å². The van der Waals surface area contributed by atoms with E-state index in [1.807, 2.05) is 22.8 Å². The fourth-order valence-electron chi connectivity index (χ4n) is 4.17.